The van der Waals surface area contributed by atoms with E-state index >= 15 is 0 Å². The van der Waals surface area contributed by atoms with Crippen LogP contribution in [0.3, 0.4) is 0 Å². The van der Waals surface area contributed by atoms with Crippen molar-refractivity contribution in [1.82, 2.24) is 4.90 Å². The Morgan fingerprint density at radius 2 is 1.83 bits per heavy atom. The van der Waals surface area contributed by atoms with Crippen LogP contribution in [0.1, 0.15) is 32.8 Å². The van der Waals surface area contributed by atoms with Gasteiger partial charge in [-0.05, 0) is 30.9 Å². The molecule has 0 fully saturated rings. The zero-order valence-electron chi connectivity index (χ0n) is 12.1. The van der Waals surface area contributed by atoms with Gasteiger partial charge in [-0.3, -0.25) is 4.90 Å². The van der Waals surface area contributed by atoms with Gasteiger partial charge in [0.25, 0.3) is 0 Å². The van der Waals surface area contributed by atoms with Gasteiger partial charge in [-0.25, -0.2) is 0 Å². The quantitative estimate of drug-likeness (QED) is 0.766. The summed E-state index contributed by atoms with van der Waals surface area (Å²) in [5.41, 5.74) is 7.36. The lowest BCUT2D eigenvalue weighted by atomic mass is 10.0. The van der Waals surface area contributed by atoms with Crippen molar-refractivity contribution in [3.63, 3.8) is 0 Å². The molecule has 0 spiro atoms. The third kappa shape index (κ3) is 5.19. The molecule has 2 heteroatoms. The molecule has 2 nitrogen and oxygen atoms in total. The van der Waals surface area contributed by atoms with Crippen LogP contribution in [-0.2, 0) is 6.42 Å². The second-order valence-electron chi connectivity index (χ2n) is 5.40. The van der Waals surface area contributed by atoms with Gasteiger partial charge in [0.15, 0.2) is 0 Å². The molecule has 0 radical (unpaired) electrons. The highest BCUT2D eigenvalue weighted by Gasteiger charge is 2.16. The number of nitrogens with zero attached hydrogens (tertiary/aromatic N) is 1. The number of likely N-dealkylation sites (N-methyl/N-ethyl adjacent to an activating group) is 1. The second-order valence-corrected chi connectivity index (χ2v) is 5.40. The molecule has 18 heavy (non-hydrogen) atoms. The summed E-state index contributed by atoms with van der Waals surface area (Å²) < 4.78 is 0. The molecule has 0 bridgehead atoms. The fourth-order valence-corrected chi connectivity index (χ4v) is 2.43. The zero-order chi connectivity index (χ0) is 13.4. The molecule has 1 unspecified atom stereocenters. The average molecular weight is 248 g/mol. The van der Waals surface area contributed by atoms with Crippen molar-refractivity contribution in [3.05, 3.63) is 35.9 Å². The summed E-state index contributed by atoms with van der Waals surface area (Å²) in [7, 11) is 0. The number of aryl methyl sites for hydroxylation is 1. The highest BCUT2D eigenvalue weighted by atomic mass is 15.2. The minimum absolute atomic E-state index is 0.512. The van der Waals surface area contributed by atoms with Gasteiger partial charge in [0.05, 0.1) is 0 Å². The predicted molar refractivity (Wildman–Crippen MR) is 79.7 cm³/mol. The monoisotopic (exact) mass is 248 g/mol. The van der Waals surface area contributed by atoms with Gasteiger partial charge in [-0.1, -0.05) is 51.1 Å². The summed E-state index contributed by atoms with van der Waals surface area (Å²) in [6.07, 6.45) is 2.28. The van der Waals surface area contributed by atoms with Gasteiger partial charge in [0.1, 0.15) is 0 Å². The first kappa shape index (κ1) is 15.2. The largest absolute Gasteiger partial charge is 0.329 e. The van der Waals surface area contributed by atoms with Gasteiger partial charge in [0.2, 0.25) is 0 Å². The van der Waals surface area contributed by atoms with Crippen LogP contribution in [0.2, 0.25) is 0 Å². The van der Waals surface area contributed by atoms with E-state index in [2.05, 4.69) is 56.0 Å². The molecule has 2 N–H and O–H groups in total. The zero-order valence-corrected chi connectivity index (χ0v) is 12.1. The molecule has 0 saturated carbocycles. The highest BCUT2D eigenvalue weighted by Crippen LogP contribution is 2.11. The molecule has 0 aliphatic rings. The molecule has 0 aliphatic heterocycles. The third-order valence-electron chi connectivity index (χ3n) is 3.40. The first-order valence-corrected chi connectivity index (χ1v) is 7.15. The van der Waals surface area contributed by atoms with E-state index in [1.165, 1.54) is 5.56 Å². The molecule has 0 saturated heterocycles. The summed E-state index contributed by atoms with van der Waals surface area (Å²) >= 11 is 0. The summed E-state index contributed by atoms with van der Waals surface area (Å²) in [4.78, 5) is 2.52. The first-order valence-electron chi connectivity index (χ1n) is 7.15. The van der Waals surface area contributed by atoms with Gasteiger partial charge in [0, 0.05) is 19.1 Å². The Kier molecular flexibility index (Phi) is 6.99. The van der Waals surface area contributed by atoms with Crippen LogP contribution in [-0.4, -0.2) is 30.6 Å². The lowest BCUT2D eigenvalue weighted by Crippen LogP contribution is -2.42. The van der Waals surface area contributed by atoms with Crippen LogP contribution in [0.15, 0.2) is 30.3 Å². The molecule has 1 atom stereocenters. The van der Waals surface area contributed by atoms with E-state index in [0.717, 1.165) is 32.5 Å². The standard InChI is InChI=1S/C16H28N2/c1-4-18(13-14(2)3)16(12-17)11-10-15-8-6-5-7-9-15/h5-9,14,16H,4,10-13,17H2,1-3H3. The molecular weight excluding hydrogens is 220 g/mol. The van der Waals surface area contributed by atoms with Crippen LogP contribution in [0.25, 0.3) is 0 Å². The van der Waals surface area contributed by atoms with Gasteiger partial charge >= 0.3 is 0 Å². The molecule has 0 heterocycles. The Labute approximate surface area is 112 Å². The molecule has 0 aromatic heterocycles. The van der Waals surface area contributed by atoms with Crippen molar-refractivity contribution in [3.8, 4) is 0 Å². The summed E-state index contributed by atoms with van der Waals surface area (Å²) in [6.45, 7) is 9.77. The maximum absolute atomic E-state index is 5.95. The average Bonchev–Trinajstić information content (AvgIpc) is 2.38. The second kappa shape index (κ2) is 8.28. The molecule has 0 amide bonds. The summed E-state index contributed by atoms with van der Waals surface area (Å²) in [6, 6.07) is 11.2. The Hall–Kier alpha value is -0.860. The Balaban J connectivity index is 2.49. The summed E-state index contributed by atoms with van der Waals surface area (Å²) in [5, 5.41) is 0. The molecular formula is C16H28N2. The smallest absolute Gasteiger partial charge is 0.0221 e. The fraction of sp³-hybridized carbons (Fsp3) is 0.625. The normalized spacial score (nSPS) is 13.2. The van der Waals surface area contributed by atoms with Gasteiger partial charge < -0.3 is 5.73 Å². The maximum Gasteiger partial charge on any atom is 0.0221 e. The molecule has 1 rings (SSSR count). The van der Waals surface area contributed by atoms with Crippen LogP contribution >= 0.6 is 0 Å². The SMILES string of the molecule is CCN(CC(C)C)C(CN)CCc1ccccc1. The Bertz CT molecular complexity index is 308. The van der Waals surface area contributed by atoms with E-state index in [4.69, 9.17) is 5.73 Å². The van der Waals surface area contributed by atoms with E-state index in [1.54, 1.807) is 0 Å². The topological polar surface area (TPSA) is 29.3 Å². The lowest BCUT2D eigenvalue weighted by molar-refractivity contribution is 0.179. The number of hydrogen-bond acceptors (Lipinski definition) is 2. The van der Waals surface area contributed by atoms with Crippen LogP contribution < -0.4 is 5.73 Å². The van der Waals surface area contributed by atoms with E-state index in [1.807, 2.05) is 0 Å². The minimum atomic E-state index is 0.512. The van der Waals surface area contributed by atoms with E-state index in [0.29, 0.717) is 12.0 Å². The third-order valence-corrected chi connectivity index (χ3v) is 3.40. The fourth-order valence-electron chi connectivity index (χ4n) is 2.43. The van der Waals surface area contributed by atoms with Crippen molar-refractivity contribution in [2.75, 3.05) is 19.6 Å². The molecule has 102 valence electrons. The van der Waals surface area contributed by atoms with Crippen molar-refractivity contribution in [2.24, 2.45) is 11.7 Å². The van der Waals surface area contributed by atoms with Crippen molar-refractivity contribution in [1.29, 1.82) is 0 Å². The number of nitrogens with two attached hydrogens (primary N) is 1. The van der Waals surface area contributed by atoms with Crippen LogP contribution in [0, 0.1) is 5.92 Å². The number of benzene rings is 1. The van der Waals surface area contributed by atoms with Crippen LogP contribution in [0.4, 0.5) is 0 Å². The molecule has 0 aliphatic carbocycles. The van der Waals surface area contributed by atoms with Crippen molar-refractivity contribution >= 4 is 0 Å². The highest BCUT2D eigenvalue weighted by molar-refractivity contribution is 5.14. The van der Waals surface area contributed by atoms with Crippen molar-refractivity contribution < 1.29 is 0 Å². The van der Waals surface area contributed by atoms with Crippen molar-refractivity contribution in [2.45, 2.75) is 39.7 Å². The molecule has 1 aromatic carbocycles. The minimum Gasteiger partial charge on any atom is -0.329 e. The lowest BCUT2D eigenvalue weighted by Gasteiger charge is -2.31. The van der Waals surface area contributed by atoms with Crippen LogP contribution in [0.5, 0.6) is 0 Å². The van der Waals surface area contributed by atoms with E-state index in [-0.39, 0.29) is 0 Å². The predicted octanol–water partition coefficient (Wildman–Crippen LogP) is 2.92. The Morgan fingerprint density at radius 3 is 2.33 bits per heavy atom. The Morgan fingerprint density at radius 1 is 1.17 bits per heavy atom. The van der Waals surface area contributed by atoms with Gasteiger partial charge in [-0.15, -0.1) is 0 Å². The van der Waals surface area contributed by atoms with Gasteiger partial charge in [-0.2, -0.15) is 0 Å². The number of hydrogen-bond donors (Lipinski definition) is 1. The van der Waals surface area contributed by atoms with E-state index in [9.17, 15) is 0 Å². The number of rotatable bonds is 8. The summed E-state index contributed by atoms with van der Waals surface area (Å²) in [5.74, 6) is 0.704. The molecule has 1 aromatic rings. The maximum atomic E-state index is 5.95. The van der Waals surface area contributed by atoms with E-state index < -0.39 is 0 Å². The first-order chi connectivity index (χ1) is 8.67.